The molecule has 1 saturated heterocycles. The Kier molecular flexibility index (Phi) is 4.04. The number of rotatable bonds is 4. The summed E-state index contributed by atoms with van der Waals surface area (Å²) >= 11 is 0. The van der Waals surface area contributed by atoms with Gasteiger partial charge in [-0.2, -0.15) is 0 Å². The minimum atomic E-state index is 0.666. The first kappa shape index (κ1) is 13.6. The monoisotopic (exact) mass is 274 g/mol. The van der Waals surface area contributed by atoms with Crippen LogP contribution in [0.25, 0.3) is 0 Å². The Labute approximate surface area is 122 Å². The van der Waals surface area contributed by atoms with Gasteiger partial charge >= 0.3 is 0 Å². The van der Waals surface area contributed by atoms with E-state index in [2.05, 4.69) is 17.0 Å². The van der Waals surface area contributed by atoms with Crippen LogP contribution in [0.4, 0.5) is 11.4 Å². The molecule has 0 amide bonds. The van der Waals surface area contributed by atoms with E-state index >= 15 is 0 Å². The highest BCUT2D eigenvalue weighted by Gasteiger charge is 2.34. The summed E-state index contributed by atoms with van der Waals surface area (Å²) in [5.74, 6) is 1.70. The van der Waals surface area contributed by atoms with Crippen LogP contribution >= 0.6 is 0 Å². The molecule has 2 aliphatic rings. The van der Waals surface area contributed by atoms with Gasteiger partial charge in [-0.25, -0.2) is 0 Å². The van der Waals surface area contributed by atoms with Gasteiger partial charge in [0.1, 0.15) is 5.75 Å². The molecule has 3 rings (SSSR count). The van der Waals surface area contributed by atoms with Crippen molar-refractivity contribution in [3.05, 3.63) is 18.2 Å². The molecule has 1 aliphatic heterocycles. The first-order chi connectivity index (χ1) is 9.81. The molecule has 3 heteroatoms. The summed E-state index contributed by atoms with van der Waals surface area (Å²) in [5.41, 5.74) is 8.35. The Hall–Kier alpha value is -1.38. The van der Waals surface area contributed by atoms with Crippen LogP contribution in [0.2, 0.25) is 0 Å². The minimum Gasteiger partial charge on any atom is -0.492 e. The van der Waals surface area contributed by atoms with Gasteiger partial charge in [0.05, 0.1) is 18.0 Å². The second kappa shape index (κ2) is 5.94. The van der Waals surface area contributed by atoms with Gasteiger partial charge in [0.25, 0.3) is 0 Å². The maximum Gasteiger partial charge on any atom is 0.144 e. The van der Waals surface area contributed by atoms with Gasteiger partial charge in [-0.3, -0.25) is 0 Å². The molecule has 0 radical (unpaired) electrons. The predicted octanol–water partition coefficient (Wildman–Crippen LogP) is 3.83. The van der Waals surface area contributed by atoms with Crippen LogP contribution in [-0.4, -0.2) is 19.2 Å². The molecule has 1 unspecified atom stereocenters. The zero-order chi connectivity index (χ0) is 13.9. The van der Waals surface area contributed by atoms with E-state index in [9.17, 15) is 0 Å². The molecule has 0 bridgehead atoms. The van der Waals surface area contributed by atoms with Crippen LogP contribution in [0.15, 0.2) is 18.2 Å². The first-order valence-corrected chi connectivity index (χ1v) is 8.09. The Morgan fingerprint density at radius 1 is 1.20 bits per heavy atom. The summed E-state index contributed by atoms with van der Waals surface area (Å²) in [6.45, 7) is 3.81. The second-order valence-electron chi connectivity index (χ2n) is 6.07. The van der Waals surface area contributed by atoms with Crippen LogP contribution in [0.5, 0.6) is 5.75 Å². The van der Waals surface area contributed by atoms with E-state index in [1.165, 1.54) is 44.2 Å². The summed E-state index contributed by atoms with van der Waals surface area (Å²) in [6, 6.07) is 6.89. The third-order valence-corrected chi connectivity index (χ3v) is 4.90. The van der Waals surface area contributed by atoms with Gasteiger partial charge in [-0.1, -0.05) is 18.9 Å². The highest BCUT2D eigenvalue weighted by atomic mass is 16.5. The fourth-order valence-electron chi connectivity index (χ4n) is 3.99. The quantitative estimate of drug-likeness (QED) is 0.848. The Balaban J connectivity index is 1.85. The molecule has 2 N–H and O–H groups in total. The van der Waals surface area contributed by atoms with Crippen molar-refractivity contribution in [3.8, 4) is 5.75 Å². The number of para-hydroxylation sites is 1. The summed E-state index contributed by atoms with van der Waals surface area (Å²) in [5, 5.41) is 0. The van der Waals surface area contributed by atoms with E-state index in [1.807, 2.05) is 13.0 Å². The first-order valence-electron chi connectivity index (χ1n) is 8.09. The smallest absolute Gasteiger partial charge is 0.144 e. The molecule has 0 aromatic heterocycles. The molecule has 20 heavy (non-hydrogen) atoms. The average Bonchev–Trinajstić information content (AvgIpc) is 3.10. The standard InChI is InChI=1S/C17H26N2O/c1-2-20-16-11-5-9-15(17(16)18)19-12-6-10-14(19)13-7-3-4-8-13/h5,9,11,13-14H,2-4,6-8,10,12,18H2,1H3. The molecule has 110 valence electrons. The Morgan fingerprint density at radius 2 is 2.00 bits per heavy atom. The summed E-state index contributed by atoms with van der Waals surface area (Å²) in [6.07, 6.45) is 8.22. The van der Waals surface area contributed by atoms with E-state index in [0.29, 0.717) is 12.6 Å². The van der Waals surface area contributed by atoms with Crippen molar-refractivity contribution < 1.29 is 4.74 Å². The maximum atomic E-state index is 6.34. The van der Waals surface area contributed by atoms with Crippen molar-refractivity contribution in [2.75, 3.05) is 23.8 Å². The third kappa shape index (κ3) is 2.46. The Morgan fingerprint density at radius 3 is 2.75 bits per heavy atom. The number of benzene rings is 1. The lowest BCUT2D eigenvalue weighted by Gasteiger charge is -2.32. The molecular weight excluding hydrogens is 248 g/mol. The molecule has 1 atom stereocenters. The van der Waals surface area contributed by atoms with Gasteiger partial charge < -0.3 is 15.4 Å². The molecule has 1 aromatic rings. The SMILES string of the molecule is CCOc1cccc(N2CCCC2C2CCCC2)c1N. The highest BCUT2D eigenvalue weighted by Crippen LogP contribution is 2.41. The normalized spacial score (nSPS) is 23.4. The van der Waals surface area contributed by atoms with Crippen molar-refractivity contribution in [2.24, 2.45) is 5.92 Å². The molecule has 2 fully saturated rings. The van der Waals surface area contributed by atoms with Crippen LogP contribution in [0, 0.1) is 5.92 Å². The topological polar surface area (TPSA) is 38.5 Å². The number of nitrogen functional groups attached to an aromatic ring is 1. The minimum absolute atomic E-state index is 0.666. The van der Waals surface area contributed by atoms with Crippen molar-refractivity contribution >= 4 is 11.4 Å². The van der Waals surface area contributed by atoms with Crippen LogP contribution < -0.4 is 15.4 Å². The second-order valence-corrected chi connectivity index (χ2v) is 6.07. The van der Waals surface area contributed by atoms with Gasteiger partial charge in [0, 0.05) is 12.6 Å². The third-order valence-electron chi connectivity index (χ3n) is 4.90. The molecular formula is C17H26N2O. The number of nitrogens with two attached hydrogens (primary N) is 1. The van der Waals surface area contributed by atoms with Crippen molar-refractivity contribution in [3.63, 3.8) is 0 Å². The predicted molar refractivity (Wildman–Crippen MR) is 84.3 cm³/mol. The zero-order valence-corrected chi connectivity index (χ0v) is 12.5. The van der Waals surface area contributed by atoms with Gasteiger partial charge in [-0.05, 0) is 50.7 Å². The molecule has 0 spiro atoms. The summed E-state index contributed by atoms with van der Waals surface area (Å²) < 4.78 is 5.65. The lowest BCUT2D eigenvalue weighted by molar-refractivity contribution is 0.342. The number of anilines is 2. The van der Waals surface area contributed by atoms with Crippen LogP contribution in [-0.2, 0) is 0 Å². The fourth-order valence-corrected chi connectivity index (χ4v) is 3.99. The highest BCUT2D eigenvalue weighted by molar-refractivity contribution is 5.74. The van der Waals surface area contributed by atoms with E-state index < -0.39 is 0 Å². The van der Waals surface area contributed by atoms with E-state index in [0.717, 1.165) is 23.9 Å². The van der Waals surface area contributed by atoms with Gasteiger partial charge in [0.15, 0.2) is 0 Å². The molecule has 1 heterocycles. The lowest BCUT2D eigenvalue weighted by atomic mass is 9.95. The number of nitrogens with zero attached hydrogens (tertiary/aromatic N) is 1. The number of ether oxygens (including phenoxy) is 1. The van der Waals surface area contributed by atoms with E-state index in [4.69, 9.17) is 10.5 Å². The maximum absolute atomic E-state index is 6.34. The van der Waals surface area contributed by atoms with Crippen molar-refractivity contribution in [1.82, 2.24) is 0 Å². The van der Waals surface area contributed by atoms with Gasteiger partial charge in [-0.15, -0.1) is 0 Å². The molecule has 3 nitrogen and oxygen atoms in total. The largest absolute Gasteiger partial charge is 0.492 e. The number of hydrogen-bond donors (Lipinski definition) is 1. The lowest BCUT2D eigenvalue weighted by Crippen LogP contribution is -2.35. The van der Waals surface area contributed by atoms with E-state index in [1.54, 1.807) is 0 Å². The van der Waals surface area contributed by atoms with Crippen molar-refractivity contribution in [2.45, 2.75) is 51.5 Å². The average molecular weight is 274 g/mol. The summed E-state index contributed by atoms with van der Waals surface area (Å²) in [4.78, 5) is 2.55. The van der Waals surface area contributed by atoms with E-state index in [-0.39, 0.29) is 0 Å². The zero-order valence-electron chi connectivity index (χ0n) is 12.5. The fraction of sp³-hybridized carbons (Fsp3) is 0.647. The van der Waals surface area contributed by atoms with Crippen LogP contribution in [0.1, 0.15) is 45.4 Å². The van der Waals surface area contributed by atoms with Gasteiger partial charge in [0.2, 0.25) is 0 Å². The molecule has 1 aliphatic carbocycles. The molecule has 1 aromatic carbocycles. The number of hydrogen-bond acceptors (Lipinski definition) is 3. The molecule has 1 saturated carbocycles. The Bertz CT molecular complexity index is 454. The van der Waals surface area contributed by atoms with Crippen molar-refractivity contribution in [1.29, 1.82) is 0 Å². The summed E-state index contributed by atoms with van der Waals surface area (Å²) in [7, 11) is 0. The van der Waals surface area contributed by atoms with Crippen LogP contribution in [0.3, 0.4) is 0 Å².